The van der Waals surface area contributed by atoms with Crippen molar-refractivity contribution in [1.82, 2.24) is 19.5 Å². The minimum Gasteiger partial charge on any atom is -0.311 e. The first-order chi connectivity index (χ1) is 8.34. The molecule has 17 heavy (non-hydrogen) atoms. The minimum atomic E-state index is 0.457. The summed E-state index contributed by atoms with van der Waals surface area (Å²) in [6, 6.07) is 0.589. The molecule has 0 saturated heterocycles. The van der Waals surface area contributed by atoms with E-state index in [2.05, 4.69) is 19.5 Å². The van der Waals surface area contributed by atoms with Crippen molar-refractivity contribution in [3.05, 3.63) is 17.8 Å². The zero-order valence-corrected chi connectivity index (χ0v) is 10.1. The Morgan fingerprint density at radius 1 is 1.06 bits per heavy atom. The summed E-state index contributed by atoms with van der Waals surface area (Å²) in [7, 11) is 0. The highest BCUT2D eigenvalue weighted by molar-refractivity contribution is 6.33. The molecular weight excluding hydrogens is 236 g/mol. The van der Waals surface area contributed by atoms with Crippen molar-refractivity contribution in [2.24, 2.45) is 11.8 Å². The molecule has 4 nitrogen and oxygen atoms in total. The third kappa shape index (κ3) is 1.27. The van der Waals surface area contributed by atoms with Gasteiger partial charge in [0.25, 0.3) is 0 Å². The molecule has 2 aromatic rings. The van der Waals surface area contributed by atoms with Crippen molar-refractivity contribution in [3.8, 4) is 0 Å². The molecule has 0 aromatic carbocycles. The van der Waals surface area contributed by atoms with Crippen LogP contribution in [0.4, 0.5) is 0 Å². The van der Waals surface area contributed by atoms with E-state index in [0.29, 0.717) is 11.2 Å². The van der Waals surface area contributed by atoms with Crippen LogP contribution in [0.5, 0.6) is 0 Å². The van der Waals surface area contributed by atoms with Gasteiger partial charge in [-0.3, -0.25) is 0 Å². The highest BCUT2D eigenvalue weighted by atomic mass is 35.5. The average molecular weight is 249 g/mol. The van der Waals surface area contributed by atoms with Crippen LogP contribution in [0.15, 0.2) is 12.7 Å². The van der Waals surface area contributed by atoms with Crippen molar-refractivity contribution in [2.45, 2.75) is 31.7 Å². The molecule has 0 atom stereocenters. The predicted octanol–water partition coefficient (Wildman–Crippen LogP) is 2.84. The summed E-state index contributed by atoms with van der Waals surface area (Å²) in [5, 5.41) is 0.457. The molecule has 0 amide bonds. The maximum atomic E-state index is 6.04. The second kappa shape index (κ2) is 3.42. The van der Waals surface area contributed by atoms with Crippen LogP contribution in [0.25, 0.3) is 11.2 Å². The fourth-order valence-corrected chi connectivity index (χ4v) is 3.89. The Labute approximate surface area is 104 Å². The molecular formula is C12H13ClN4. The van der Waals surface area contributed by atoms with E-state index in [1.165, 1.54) is 32.0 Å². The van der Waals surface area contributed by atoms with Crippen molar-refractivity contribution >= 4 is 22.8 Å². The van der Waals surface area contributed by atoms with Gasteiger partial charge >= 0.3 is 0 Å². The summed E-state index contributed by atoms with van der Waals surface area (Å²) in [6.07, 6.45) is 8.84. The number of halogens is 1. The molecule has 0 spiro atoms. The normalized spacial score (nSPS) is 31.5. The number of imidazole rings is 1. The van der Waals surface area contributed by atoms with Gasteiger partial charge in [0.1, 0.15) is 11.8 Å². The van der Waals surface area contributed by atoms with Gasteiger partial charge in [-0.05, 0) is 37.5 Å². The number of hydrogen-bond acceptors (Lipinski definition) is 3. The van der Waals surface area contributed by atoms with Crippen molar-refractivity contribution < 1.29 is 0 Å². The molecule has 0 unspecified atom stereocenters. The Balaban J connectivity index is 1.89. The van der Waals surface area contributed by atoms with E-state index in [0.717, 1.165) is 23.0 Å². The van der Waals surface area contributed by atoms with Crippen molar-refractivity contribution in [2.75, 3.05) is 0 Å². The topological polar surface area (TPSA) is 43.6 Å². The lowest BCUT2D eigenvalue weighted by Crippen LogP contribution is -2.13. The van der Waals surface area contributed by atoms with Crippen LogP contribution in [0, 0.1) is 11.8 Å². The van der Waals surface area contributed by atoms with E-state index in [4.69, 9.17) is 11.6 Å². The smallest absolute Gasteiger partial charge is 0.165 e. The van der Waals surface area contributed by atoms with Crippen molar-refractivity contribution in [3.63, 3.8) is 0 Å². The molecule has 2 aliphatic carbocycles. The number of hydrogen-bond donors (Lipinski definition) is 0. The third-order valence-corrected chi connectivity index (χ3v) is 4.69. The van der Waals surface area contributed by atoms with E-state index in [1.54, 1.807) is 0 Å². The lowest BCUT2D eigenvalue weighted by atomic mass is 10.0. The second-order valence-corrected chi connectivity index (χ2v) is 5.51. The van der Waals surface area contributed by atoms with Gasteiger partial charge in [-0.1, -0.05) is 11.6 Å². The molecule has 2 fully saturated rings. The van der Waals surface area contributed by atoms with E-state index in [9.17, 15) is 0 Å². The third-order valence-electron chi connectivity index (χ3n) is 4.42. The molecule has 5 heteroatoms. The predicted molar refractivity (Wildman–Crippen MR) is 64.8 cm³/mol. The Morgan fingerprint density at radius 3 is 2.47 bits per heavy atom. The van der Waals surface area contributed by atoms with Gasteiger partial charge in [0, 0.05) is 6.04 Å². The van der Waals surface area contributed by atoms with E-state index in [-0.39, 0.29) is 0 Å². The maximum Gasteiger partial charge on any atom is 0.165 e. The van der Waals surface area contributed by atoms with Gasteiger partial charge < -0.3 is 4.57 Å². The Morgan fingerprint density at radius 2 is 1.76 bits per heavy atom. The highest BCUT2D eigenvalue weighted by Gasteiger charge is 2.43. The fraction of sp³-hybridized carbons (Fsp3) is 0.583. The molecule has 4 rings (SSSR count). The fourth-order valence-electron chi connectivity index (χ4n) is 3.71. The van der Waals surface area contributed by atoms with Gasteiger partial charge in [-0.15, -0.1) is 0 Å². The molecule has 0 N–H and O–H groups in total. The zero-order valence-electron chi connectivity index (χ0n) is 9.38. The largest absolute Gasteiger partial charge is 0.311 e. The molecule has 0 radical (unpaired) electrons. The molecule has 2 saturated carbocycles. The molecule has 0 aliphatic heterocycles. The number of aromatic nitrogens is 4. The first kappa shape index (κ1) is 9.83. The van der Waals surface area contributed by atoms with Crippen LogP contribution in [-0.2, 0) is 0 Å². The summed E-state index contributed by atoms with van der Waals surface area (Å²) < 4.78 is 2.23. The van der Waals surface area contributed by atoms with Gasteiger partial charge in [-0.2, -0.15) is 0 Å². The van der Waals surface area contributed by atoms with Crippen LogP contribution >= 0.6 is 11.6 Å². The Hall–Kier alpha value is -1.16. The number of fused-ring (bicyclic) bond motifs is 3. The molecule has 2 heterocycles. The molecule has 2 aliphatic rings. The summed E-state index contributed by atoms with van der Waals surface area (Å²) in [5.41, 5.74) is 1.63. The van der Waals surface area contributed by atoms with Crippen LogP contribution in [0.2, 0.25) is 5.15 Å². The van der Waals surface area contributed by atoms with E-state index < -0.39 is 0 Å². The first-order valence-corrected chi connectivity index (χ1v) is 6.55. The Bertz CT molecular complexity index is 559. The summed E-state index contributed by atoms with van der Waals surface area (Å²) in [6.45, 7) is 0. The van der Waals surface area contributed by atoms with Crippen LogP contribution < -0.4 is 0 Å². The SMILES string of the molecule is Clc1ncnc2c1ncn2C1C2CCC1CC2. The van der Waals surface area contributed by atoms with Gasteiger partial charge in [0.05, 0.1) is 6.33 Å². The van der Waals surface area contributed by atoms with Gasteiger partial charge in [0.2, 0.25) is 0 Å². The lowest BCUT2D eigenvalue weighted by molar-refractivity contribution is 0.402. The summed E-state index contributed by atoms with van der Waals surface area (Å²) in [4.78, 5) is 12.7. The standard InChI is InChI=1S/C12H13ClN4/c13-11-9-12(15-5-14-11)17(6-16-9)10-7-1-2-8(10)4-3-7/h5-8,10H,1-4H2. The maximum absolute atomic E-state index is 6.04. The molecule has 2 aromatic heterocycles. The van der Waals surface area contributed by atoms with Gasteiger partial charge in [-0.25, -0.2) is 15.0 Å². The quantitative estimate of drug-likeness (QED) is 0.729. The highest BCUT2D eigenvalue weighted by Crippen LogP contribution is 2.52. The van der Waals surface area contributed by atoms with Crippen LogP contribution in [0.3, 0.4) is 0 Å². The average Bonchev–Trinajstić information content (AvgIpc) is 3.01. The first-order valence-electron chi connectivity index (χ1n) is 6.17. The molecule has 88 valence electrons. The van der Waals surface area contributed by atoms with E-state index in [1.807, 2.05) is 6.33 Å². The summed E-state index contributed by atoms with van der Waals surface area (Å²) in [5.74, 6) is 1.62. The summed E-state index contributed by atoms with van der Waals surface area (Å²) >= 11 is 6.04. The molecule has 2 bridgehead atoms. The minimum absolute atomic E-state index is 0.457. The Kier molecular flexibility index (Phi) is 1.98. The lowest BCUT2D eigenvalue weighted by Gasteiger charge is -2.17. The van der Waals surface area contributed by atoms with Crippen LogP contribution in [0.1, 0.15) is 31.7 Å². The van der Waals surface area contributed by atoms with Crippen molar-refractivity contribution in [1.29, 1.82) is 0 Å². The van der Waals surface area contributed by atoms with E-state index >= 15 is 0 Å². The number of rotatable bonds is 1. The second-order valence-electron chi connectivity index (χ2n) is 5.15. The zero-order chi connectivity index (χ0) is 11.4. The number of nitrogens with zero attached hydrogens (tertiary/aromatic N) is 4. The van der Waals surface area contributed by atoms with Gasteiger partial charge in [0.15, 0.2) is 10.8 Å². The van der Waals surface area contributed by atoms with Crippen LogP contribution in [-0.4, -0.2) is 19.5 Å². The monoisotopic (exact) mass is 248 g/mol.